The van der Waals surface area contributed by atoms with Gasteiger partial charge in [0.15, 0.2) is 0 Å². The van der Waals surface area contributed by atoms with Crippen LogP contribution in [0, 0.1) is 5.82 Å². The second-order valence-electron chi connectivity index (χ2n) is 2.10. The zero-order chi connectivity index (χ0) is 6.97. The number of hydrogen-bond donors (Lipinski definition) is 0. The van der Waals surface area contributed by atoms with Crippen molar-refractivity contribution in [2.75, 3.05) is 0 Å². The molecule has 0 spiro atoms. The van der Waals surface area contributed by atoms with Crippen LogP contribution in [0.5, 0.6) is 0 Å². The first-order chi connectivity index (χ1) is 4.86. The predicted octanol–water partition coefficient (Wildman–Crippen LogP) is 2.04. The van der Waals surface area contributed by atoms with Gasteiger partial charge in [0.25, 0.3) is 0 Å². The van der Waals surface area contributed by atoms with Crippen molar-refractivity contribution < 1.29 is 4.39 Å². The number of rotatable bonds is 0. The topological polar surface area (TPSA) is 0 Å². The summed E-state index contributed by atoms with van der Waals surface area (Å²) < 4.78 is 13.8. The van der Waals surface area contributed by atoms with Crippen LogP contribution in [0.1, 0.15) is 0 Å². The fraction of sp³-hybridized carbons (Fsp3) is 0. The summed E-state index contributed by atoms with van der Waals surface area (Å²) in [5.74, 6) is -0.138. The van der Waals surface area contributed by atoms with Gasteiger partial charge in [-0.3, -0.25) is 0 Å². The Kier molecular flexibility index (Phi) is 1.37. The van der Waals surface area contributed by atoms with Crippen molar-refractivity contribution in [3.63, 3.8) is 0 Å². The third kappa shape index (κ3) is 0.898. The van der Waals surface area contributed by atoms with E-state index in [4.69, 9.17) is 0 Å². The standard InChI is InChI=1S/C8H5FSe/c9-7-1-2-8-6(5-7)3-4-10-8/h1-5H. The van der Waals surface area contributed by atoms with Gasteiger partial charge in [-0.1, -0.05) is 0 Å². The first kappa shape index (κ1) is 6.14. The minimum atomic E-state index is -0.138. The van der Waals surface area contributed by atoms with Crippen LogP contribution in [0.25, 0.3) is 9.65 Å². The molecule has 0 saturated heterocycles. The summed E-state index contributed by atoms with van der Waals surface area (Å²) in [5, 5.41) is 1.06. The molecule has 0 amide bonds. The first-order valence-corrected chi connectivity index (χ1v) is 4.83. The molecule has 0 unspecified atom stereocenters. The molecule has 0 radical (unpaired) electrons. The molecule has 0 bridgehead atoms. The molecule has 0 nitrogen and oxygen atoms in total. The molecule has 1 aromatic heterocycles. The maximum absolute atomic E-state index is 12.5. The molecule has 2 heteroatoms. The van der Waals surface area contributed by atoms with Crippen LogP contribution >= 0.6 is 0 Å². The van der Waals surface area contributed by atoms with E-state index in [0.29, 0.717) is 14.5 Å². The molecule has 1 heterocycles. The van der Waals surface area contributed by atoms with E-state index in [9.17, 15) is 4.39 Å². The van der Waals surface area contributed by atoms with Gasteiger partial charge in [0.1, 0.15) is 0 Å². The predicted molar refractivity (Wildman–Crippen MR) is 40.8 cm³/mol. The molecule has 50 valence electrons. The average Bonchev–Trinajstić information content (AvgIpc) is 2.33. The van der Waals surface area contributed by atoms with Gasteiger partial charge in [0.2, 0.25) is 0 Å². The van der Waals surface area contributed by atoms with Gasteiger partial charge in [-0.15, -0.1) is 0 Å². The van der Waals surface area contributed by atoms with E-state index < -0.39 is 0 Å². The molecule has 0 aliphatic rings. The molecule has 0 atom stereocenters. The molecular weight excluding hydrogens is 194 g/mol. The van der Waals surface area contributed by atoms with E-state index in [1.165, 1.54) is 10.3 Å². The minimum absolute atomic E-state index is 0.138. The number of hydrogen-bond acceptors (Lipinski definition) is 0. The van der Waals surface area contributed by atoms with Crippen LogP contribution in [0.2, 0.25) is 0 Å². The summed E-state index contributed by atoms with van der Waals surface area (Å²) in [6.45, 7) is 0. The summed E-state index contributed by atoms with van der Waals surface area (Å²) in [6.07, 6.45) is 0. The summed E-state index contributed by atoms with van der Waals surface area (Å²) in [6, 6.07) is 6.96. The summed E-state index contributed by atoms with van der Waals surface area (Å²) in [5.41, 5.74) is 0. The molecule has 2 rings (SSSR count). The Bertz CT molecular complexity index is 351. The summed E-state index contributed by atoms with van der Waals surface area (Å²) in [4.78, 5) is 2.11. The van der Waals surface area contributed by atoms with Crippen LogP contribution in [0.3, 0.4) is 0 Å². The molecular formula is C8H5FSe. The molecule has 1 aromatic carbocycles. The van der Waals surface area contributed by atoms with Crippen molar-refractivity contribution in [3.05, 3.63) is 35.0 Å². The third-order valence-electron chi connectivity index (χ3n) is 1.41. The van der Waals surface area contributed by atoms with Crippen LogP contribution in [-0.4, -0.2) is 14.5 Å². The van der Waals surface area contributed by atoms with Crippen LogP contribution < -0.4 is 0 Å². The van der Waals surface area contributed by atoms with Gasteiger partial charge < -0.3 is 0 Å². The maximum atomic E-state index is 12.5. The fourth-order valence-electron chi connectivity index (χ4n) is 0.938. The molecule has 0 N–H and O–H groups in total. The Morgan fingerprint density at radius 2 is 2.10 bits per heavy atom. The van der Waals surface area contributed by atoms with E-state index in [0.717, 1.165) is 5.39 Å². The SMILES string of the molecule is Fc1ccc2[se]ccc2c1. The van der Waals surface area contributed by atoms with E-state index in [1.807, 2.05) is 12.1 Å². The molecule has 2 aromatic rings. The van der Waals surface area contributed by atoms with Crippen molar-refractivity contribution in [2.45, 2.75) is 0 Å². The Hall–Kier alpha value is -0.591. The second kappa shape index (κ2) is 2.22. The first-order valence-electron chi connectivity index (χ1n) is 2.99. The number of benzene rings is 1. The van der Waals surface area contributed by atoms with Gasteiger partial charge >= 0.3 is 63.6 Å². The van der Waals surface area contributed by atoms with E-state index in [2.05, 4.69) is 4.94 Å². The van der Waals surface area contributed by atoms with Crippen LogP contribution in [0.15, 0.2) is 29.2 Å². The normalized spacial score (nSPS) is 10.5. The summed E-state index contributed by atoms with van der Waals surface area (Å²) >= 11 is 0.447. The molecule has 0 aliphatic carbocycles. The van der Waals surface area contributed by atoms with Gasteiger partial charge in [-0.05, 0) is 0 Å². The van der Waals surface area contributed by atoms with Crippen molar-refractivity contribution in [1.29, 1.82) is 0 Å². The molecule has 0 fully saturated rings. The Labute approximate surface area is 64.0 Å². The zero-order valence-corrected chi connectivity index (χ0v) is 6.89. The fourth-order valence-corrected chi connectivity index (χ4v) is 2.55. The monoisotopic (exact) mass is 200 g/mol. The van der Waals surface area contributed by atoms with E-state index >= 15 is 0 Å². The molecule has 0 saturated carbocycles. The second-order valence-corrected chi connectivity index (χ2v) is 4.09. The van der Waals surface area contributed by atoms with E-state index in [-0.39, 0.29) is 5.82 Å². The van der Waals surface area contributed by atoms with Crippen molar-refractivity contribution in [2.24, 2.45) is 0 Å². The quantitative estimate of drug-likeness (QED) is 0.569. The Balaban J connectivity index is 2.86. The average molecular weight is 199 g/mol. The molecule has 0 aliphatic heterocycles. The van der Waals surface area contributed by atoms with Gasteiger partial charge in [-0.25, -0.2) is 0 Å². The Morgan fingerprint density at radius 3 is 3.00 bits per heavy atom. The van der Waals surface area contributed by atoms with Crippen LogP contribution in [0.4, 0.5) is 4.39 Å². The van der Waals surface area contributed by atoms with Crippen molar-refractivity contribution in [3.8, 4) is 0 Å². The van der Waals surface area contributed by atoms with Crippen molar-refractivity contribution in [1.82, 2.24) is 0 Å². The summed E-state index contributed by atoms with van der Waals surface area (Å²) in [7, 11) is 0. The van der Waals surface area contributed by atoms with Gasteiger partial charge in [0, 0.05) is 0 Å². The number of fused-ring (bicyclic) bond motifs is 1. The zero-order valence-electron chi connectivity index (χ0n) is 5.17. The van der Waals surface area contributed by atoms with E-state index in [1.54, 1.807) is 6.07 Å². The Morgan fingerprint density at radius 1 is 1.20 bits per heavy atom. The van der Waals surface area contributed by atoms with Gasteiger partial charge in [-0.2, -0.15) is 0 Å². The number of halogens is 1. The molecule has 10 heavy (non-hydrogen) atoms. The van der Waals surface area contributed by atoms with Gasteiger partial charge in [0.05, 0.1) is 0 Å². The van der Waals surface area contributed by atoms with Crippen LogP contribution in [-0.2, 0) is 0 Å². The third-order valence-corrected chi connectivity index (χ3v) is 3.30. The van der Waals surface area contributed by atoms with Crippen molar-refractivity contribution >= 4 is 24.1 Å².